The van der Waals surface area contributed by atoms with E-state index in [9.17, 15) is 22.4 Å². The quantitative estimate of drug-likeness (QED) is 0.728. The molecule has 3 aliphatic rings. The molecule has 1 amide bonds. The fourth-order valence-electron chi connectivity index (χ4n) is 4.14. The van der Waals surface area contributed by atoms with Crippen molar-refractivity contribution in [2.45, 2.75) is 44.1 Å². The molecule has 3 fully saturated rings. The van der Waals surface area contributed by atoms with E-state index in [1.807, 2.05) is 11.0 Å². The van der Waals surface area contributed by atoms with Crippen LogP contribution in [0.3, 0.4) is 0 Å². The monoisotopic (exact) mass is 432 g/mol. The maximum Gasteiger partial charge on any atom is 0.490 e. The summed E-state index contributed by atoms with van der Waals surface area (Å²) >= 11 is 0. The lowest BCUT2D eigenvalue weighted by molar-refractivity contribution is -0.192. The van der Waals surface area contributed by atoms with Gasteiger partial charge < -0.3 is 19.6 Å². The van der Waals surface area contributed by atoms with Crippen LogP contribution in [0.1, 0.15) is 25.7 Å². The number of amides is 1. The van der Waals surface area contributed by atoms with Crippen LogP contribution in [0, 0.1) is 11.7 Å². The SMILES string of the molecule is O=C(O)C(F)(F)F.O=C([C@@H]1C[C@@H]2CCN(c3cccc(F)c3)C[C@H]2O1)N1CCCC1. The molecule has 0 aliphatic carbocycles. The van der Waals surface area contributed by atoms with Crippen LogP contribution < -0.4 is 4.90 Å². The van der Waals surface area contributed by atoms with E-state index >= 15 is 0 Å². The maximum atomic E-state index is 13.4. The van der Waals surface area contributed by atoms with E-state index in [0.717, 1.165) is 57.5 Å². The van der Waals surface area contributed by atoms with E-state index in [2.05, 4.69) is 4.90 Å². The third kappa shape index (κ3) is 5.41. The second-order valence-electron chi connectivity index (χ2n) is 7.71. The van der Waals surface area contributed by atoms with Crippen LogP contribution >= 0.6 is 0 Å². The molecule has 0 radical (unpaired) electrons. The van der Waals surface area contributed by atoms with Gasteiger partial charge in [0, 0.05) is 31.9 Å². The number of nitrogens with zero attached hydrogens (tertiary/aromatic N) is 2. The Labute approximate surface area is 171 Å². The topological polar surface area (TPSA) is 70.1 Å². The van der Waals surface area contributed by atoms with Gasteiger partial charge in [-0.1, -0.05) is 6.07 Å². The molecular formula is C20H24F4N2O4. The number of benzene rings is 1. The van der Waals surface area contributed by atoms with Gasteiger partial charge in [0.05, 0.1) is 6.10 Å². The van der Waals surface area contributed by atoms with Crippen LogP contribution in [-0.2, 0) is 14.3 Å². The maximum absolute atomic E-state index is 13.4. The zero-order valence-corrected chi connectivity index (χ0v) is 16.3. The Balaban J connectivity index is 0.000000318. The Bertz CT molecular complexity index is 767. The molecule has 0 saturated carbocycles. The molecule has 0 aromatic heterocycles. The third-order valence-corrected chi connectivity index (χ3v) is 5.66. The molecule has 3 aliphatic heterocycles. The van der Waals surface area contributed by atoms with Crippen LogP contribution in [0.4, 0.5) is 23.2 Å². The Morgan fingerprint density at radius 1 is 1.13 bits per heavy atom. The first-order valence-electron chi connectivity index (χ1n) is 9.90. The van der Waals surface area contributed by atoms with E-state index < -0.39 is 12.1 Å². The molecule has 3 heterocycles. The highest BCUT2D eigenvalue weighted by Crippen LogP contribution is 2.36. The Morgan fingerprint density at radius 3 is 2.40 bits per heavy atom. The van der Waals surface area contributed by atoms with Crippen LogP contribution in [0.25, 0.3) is 0 Å². The Morgan fingerprint density at radius 2 is 1.80 bits per heavy atom. The number of carboxylic acid groups (broad SMARTS) is 1. The van der Waals surface area contributed by atoms with Crippen molar-refractivity contribution in [3.8, 4) is 0 Å². The van der Waals surface area contributed by atoms with Gasteiger partial charge >= 0.3 is 12.1 Å². The van der Waals surface area contributed by atoms with E-state index in [4.69, 9.17) is 14.6 Å². The number of fused-ring (bicyclic) bond motifs is 1. The number of ether oxygens (including phenoxy) is 1. The van der Waals surface area contributed by atoms with Crippen molar-refractivity contribution in [2.75, 3.05) is 31.1 Å². The van der Waals surface area contributed by atoms with E-state index in [-0.39, 0.29) is 23.9 Å². The lowest BCUT2D eigenvalue weighted by Crippen LogP contribution is -2.42. The van der Waals surface area contributed by atoms with Crippen molar-refractivity contribution in [1.82, 2.24) is 4.90 Å². The lowest BCUT2D eigenvalue weighted by atomic mass is 9.91. The van der Waals surface area contributed by atoms with Crippen LogP contribution in [0.5, 0.6) is 0 Å². The van der Waals surface area contributed by atoms with Gasteiger partial charge in [-0.2, -0.15) is 13.2 Å². The minimum Gasteiger partial charge on any atom is -0.475 e. The molecule has 1 aromatic carbocycles. The summed E-state index contributed by atoms with van der Waals surface area (Å²) in [5.74, 6) is -2.34. The molecule has 30 heavy (non-hydrogen) atoms. The lowest BCUT2D eigenvalue weighted by Gasteiger charge is -2.35. The van der Waals surface area contributed by atoms with Crippen molar-refractivity contribution in [3.05, 3.63) is 30.1 Å². The molecule has 10 heteroatoms. The average Bonchev–Trinajstić information content (AvgIpc) is 3.36. The van der Waals surface area contributed by atoms with Gasteiger partial charge in [0.2, 0.25) is 0 Å². The number of carbonyl (C=O) groups is 2. The van der Waals surface area contributed by atoms with Crippen LogP contribution in [-0.4, -0.2) is 66.4 Å². The third-order valence-electron chi connectivity index (χ3n) is 5.66. The van der Waals surface area contributed by atoms with Gasteiger partial charge in [-0.3, -0.25) is 4.79 Å². The molecular weight excluding hydrogens is 408 g/mol. The average molecular weight is 432 g/mol. The number of carbonyl (C=O) groups excluding carboxylic acids is 1. The number of hydrogen-bond donors (Lipinski definition) is 1. The summed E-state index contributed by atoms with van der Waals surface area (Å²) in [7, 11) is 0. The molecule has 4 rings (SSSR count). The zero-order chi connectivity index (χ0) is 21.9. The molecule has 6 nitrogen and oxygen atoms in total. The standard InChI is InChI=1S/C18H23FN2O2.C2HF3O2/c19-14-4-3-5-15(11-14)21-9-6-13-10-16(23-17(13)12-21)18(22)20-7-1-2-8-20;3-2(4,5)1(6)7/h3-5,11,13,16-17H,1-2,6-10,12H2;(H,6,7)/t13-,16-,17+;/m0./s1. The van der Waals surface area contributed by atoms with Crippen LogP contribution in [0.2, 0.25) is 0 Å². The fourth-order valence-corrected chi connectivity index (χ4v) is 4.14. The van der Waals surface area contributed by atoms with Gasteiger partial charge in [-0.25, -0.2) is 9.18 Å². The summed E-state index contributed by atoms with van der Waals surface area (Å²) in [6.45, 7) is 3.41. The second kappa shape index (κ2) is 9.20. The van der Waals surface area contributed by atoms with Gasteiger partial charge in [0.15, 0.2) is 0 Å². The predicted octanol–water partition coefficient (Wildman–Crippen LogP) is 3.07. The normalized spacial score (nSPS) is 26.1. The summed E-state index contributed by atoms with van der Waals surface area (Å²) in [5, 5.41) is 7.12. The molecule has 166 valence electrons. The minimum atomic E-state index is -5.08. The number of carboxylic acids is 1. The predicted molar refractivity (Wildman–Crippen MR) is 99.5 cm³/mol. The van der Waals surface area contributed by atoms with E-state index in [0.29, 0.717) is 5.92 Å². The van der Waals surface area contributed by atoms with Gasteiger partial charge in [0.1, 0.15) is 11.9 Å². The number of anilines is 1. The number of rotatable bonds is 2. The molecule has 0 unspecified atom stereocenters. The van der Waals surface area contributed by atoms with Gasteiger partial charge in [-0.05, 0) is 49.8 Å². The molecule has 3 saturated heterocycles. The molecule has 3 atom stereocenters. The first-order chi connectivity index (χ1) is 14.1. The van der Waals surface area contributed by atoms with Crippen molar-refractivity contribution in [1.29, 1.82) is 0 Å². The largest absolute Gasteiger partial charge is 0.490 e. The summed E-state index contributed by atoms with van der Waals surface area (Å²) in [4.78, 5) is 25.5. The summed E-state index contributed by atoms with van der Waals surface area (Å²) in [6.07, 6.45) is -1.20. The second-order valence-corrected chi connectivity index (χ2v) is 7.71. The smallest absolute Gasteiger partial charge is 0.475 e. The van der Waals surface area contributed by atoms with E-state index in [1.54, 1.807) is 12.1 Å². The number of alkyl halides is 3. The van der Waals surface area contributed by atoms with E-state index in [1.165, 1.54) is 6.07 Å². The van der Waals surface area contributed by atoms with Crippen LogP contribution in [0.15, 0.2) is 24.3 Å². The first-order valence-corrected chi connectivity index (χ1v) is 9.90. The number of aliphatic carboxylic acids is 1. The zero-order valence-electron chi connectivity index (χ0n) is 16.3. The number of hydrogen-bond acceptors (Lipinski definition) is 4. The Hall–Kier alpha value is -2.36. The highest BCUT2D eigenvalue weighted by Gasteiger charge is 2.43. The van der Waals surface area contributed by atoms with Crippen molar-refractivity contribution in [3.63, 3.8) is 0 Å². The van der Waals surface area contributed by atoms with Gasteiger partial charge in [0.25, 0.3) is 5.91 Å². The number of likely N-dealkylation sites (tertiary alicyclic amines) is 1. The number of halogens is 4. The first kappa shape index (κ1) is 22.3. The van der Waals surface area contributed by atoms with Gasteiger partial charge in [-0.15, -0.1) is 0 Å². The highest BCUT2D eigenvalue weighted by atomic mass is 19.4. The molecule has 1 aromatic rings. The molecule has 0 spiro atoms. The summed E-state index contributed by atoms with van der Waals surface area (Å²) < 4.78 is 51.3. The fraction of sp³-hybridized carbons (Fsp3) is 0.600. The summed E-state index contributed by atoms with van der Waals surface area (Å²) in [5.41, 5.74) is 0.904. The minimum absolute atomic E-state index is 0.0866. The molecule has 1 N–H and O–H groups in total. The summed E-state index contributed by atoms with van der Waals surface area (Å²) in [6, 6.07) is 6.71. The Kier molecular flexibility index (Phi) is 6.84. The number of piperidine rings is 1. The van der Waals surface area contributed by atoms with Crippen molar-refractivity contribution >= 4 is 17.6 Å². The van der Waals surface area contributed by atoms with Crippen molar-refractivity contribution < 1.29 is 37.0 Å². The molecule has 0 bridgehead atoms. The van der Waals surface area contributed by atoms with Crippen molar-refractivity contribution in [2.24, 2.45) is 5.92 Å². The highest BCUT2D eigenvalue weighted by molar-refractivity contribution is 5.81.